The topological polar surface area (TPSA) is 0 Å². The first-order valence-corrected chi connectivity index (χ1v) is 21.7. The highest BCUT2D eigenvalue weighted by atomic mass is 14.4. The maximum atomic E-state index is 2.50. The standard InChI is InChI=1S/C58H66/c1-53(2,3)39-25-27-43-47(31-39)57(13,14)49-33-41(55(7,8)9)29-45(51(43)49)37-21-17-35(18-22-37)36-19-23-38(24-20-36)46-30-42(56(10,11)12)34-50-52(46)44-28-26-40(54(4,5)6)32-48(44)58(50,15)16/h17-34H,1-16H3. The van der Waals surface area contributed by atoms with Crippen molar-refractivity contribution in [3.05, 3.63) is 154 Å². The molecule has 0 amide bonds. The van der Waals surface area contributed by atoms with E-state index >= 15 is 0 Å². The molecular formula is C58H66. The molecule has 0 nitrogen and oxygen atoms in total. The van der Waals surface area contributed by atoms with E-state index < -0.39 is 0 Å². The Bertz CT molecular complexity index is 2410. The Morgan fingerprint density at radius 2 is 0.552 bits per heavy atom. The third kappa shape index (κ3) is 6.51. The van der Waals surface area contributed by atoms with Gasteiger partial charge in [-0.25, -0.2) is 0 Å². The molecule has 0 bridgehead atoms. The van der Waals surface area contributed by atoms with Crippen LogP contribution in [0.1, 0.15) is 155 Å². The van der Waals surface area contributed by atoms with Gasteiger partial charge in [-0.05, 0) is 134 Å². The van der Waals surface area contributed by atoms with Crippen LogP contribution in [0.5, 0.6) is 0 Å². The molecule has 0 aromatic heterocycles. The van der Waals surface area contributed by atoms with Gasteiger partial charge in [-0.2, -0.15) is 0 Å². The molecule has 0 saturated carbocycles. The minimum absolute atomic E-state index is 0.0343. The second-order valence-electron chi connectivity index (χ2n) is 22.8. The van der Waals surface area contributed by atoms with Gasteiger partial charge < -0.3 is 0 Å². The first-order chi connectivity index (χ1) is 26.8. The van der Waals surface area contributed by atoms with Gasteiger partial charge in [-0.3, -0.25) is 0 Å². The van der Waals surface area contributed by atoms with Gasteiger partial charge >= 0.3 is 0 Å². The van der Waals surface area contributed by atoms with Crippen molar-refractivity contribution < 1.29 is 0 Å². The maximum absolute atomic E-state index is 2.50. The zero-order chi connectivity index (χ0) is 42.1. The Morgan fingerprint density at radius 3 is 0.845 bits per heavy atom. The molecule has 0 fully saturated rings. The number of fused-ring (bicyclic) bond motifs is 6. The van der Waals surface area contributed by atoms with Crippen molar-refractivity contribution in [2.24, 2.45) is 0 Å². The van der Waals surface area contributed by atoms with E-state index in [0.29, 0.717) is 0 Å². The molecule has 8 rings (SSSR count). The van der Waals surface area contributed by atoms with E-state index in [1.54, 1.807) is 0 Å². The van der Waals surface area contributed by atoms with Crippen LogP contribution in [0.3, 0.4) is 0 Å². The zero-order valence-corrected chi connectivity index (χ0v) is 38.4. The van der Waals surface area contributed by atoms with Gasteiger partial charge in [0.05, 0.1) is 0 Å². The highest BCUT2D eigenvalue weighted by Crippen LogP contribution is 2.56. The molecule has 0 aliphatic heterocycles. The van der Waals surface area contributed by atoms with Crippen molar-refractivity contribution in [3.63, 3.8) is 0 Å². The molecule has 298 valence electrons. The highest BCUT2D eigenvalue weighted by Gasteiger charge is 2.40. The lowest BCUT2D eigenvalue weighted by atomic mass is 9.76. The van der Waals surface area contributed by atoms with Crippen LogP contribution in [0.15, 0.2) is 109 Å². The second-order valence-corrected chi connectivity index (χ2v) is 22.8. The van der Waals surface area contributed by atoms with Crippen molar-refractivity contribution in [3.8, 4) is 55.6 Å². The van der Waals surface area contributed by atoms with Gasteiger partial charge in [0.1, 0.15) is 0 Å². The van der Waals surface area contributed by atoms with E-state index in [9.17, 15) is 0 Å². The summed E-state index contributed by atoms with van der Waals surface area (Å²) in [6.45, 7) is 37.6. The predicted molar refractivity (Wildman–Crippen MR) is 253 cm³/mol. The summed E-state index contributed by atoms with van der Waals surface area (Å²) in [5.74, 6) is 0. The predicted octanol–water partition coefficient (Wildman–Crippen LogP) is 16.5. The van der Waals surface area contributed by atoms with Crippen molar-refractivity contribution in [1.82, 2.24) is 0 Å². The summed E-state index contributed by atoms with van der Waals surface area (Å²) in [5.41, 5.74) is 24.7. The van der Waals surface area contributed by atoms with Crippen molar-refractivity contribution in [2.45, 2.75) is 143 Å². The van der Waals surface area contributed by atoms with E-state index in [2.05, 4.69) is 220 Å². The van der Waals surface area contributed by atoms with Gasteiger partial charge in [0.25, 0.3) is 0 Å². The molecular weight excluding hydrogens is 697 g/mol. The molecule has 0 spiro atoms. The first-order valence-electron chi connectivity index (χ1n) is 21.7. The van der Waals surface area contributed by atoms with Crippen molar-refractivity contribution >= 4 is 0 Å². The van der Waals surface area contributed by atoms with E-state index in [-0.39, 0.29) is 32.5 Å². The van der Waals surface area contributed by atoms with Gasteiger partial charge in [0, 0.05) is 10.8 Å². The third-order valence-corrected chi connectivity index (χ3v) is 13.7. The lowest BCUT2D eigenvalue weighted by Gasteiger charge is -2.27. The fourth-order valence-electron chi connectivity index (χ4n) is 9.64. The summed E-state index contributed by atoms with van der Waals surface area (Å²) < 4.78 is 0. The number of benzene rings is 6. The van der Waals surface area contributed by atoms with Crippen molar-refractivity contribution in [2.75, 3.05) is 0 Å². The molecule has 0 unspecified atom stereocenters. The molecule has 0 heteroatoms. The smallest absolute Gasteiger partial charge is 0.0159 e. The lowest BCUT2D eigenvalue weighted by Crippen LogP contribution is -2.19. The average molecular weight is 763 g/mol. The highest BCUT2D eigenvalue weighted by molar-refractivity contribution is 5.95. The van der Waals surface area contributed by atoms with Crippen LogP contribution in [-0.2, 0) is 32.5 Å². The molecule has 0 heterocycles. The summed E-state index contributed by atoms with van der Waals surface area (Å²) >= 11 is 0. The average Bonchev–Trinajstić information content (AvgIpc) is 3.52. The molecule has 6 aromatic rings. The first kappa shape index (κ1) is 40.1. The Morgan fingerprint density at radius 1 is 0.276 bits per heavy atom. The summed E-state index contributed by atoms with van der Waals surface area (Å²) in [7, 11) is 0. The van der Waals surface area contributed by atoms with Crippen LogP contribution in [0, 0.1) is 0 Å². The number of hydrogen-bond acceptors (Lipinski definition) is 0. The quantitative estimate of drug-likeness (QED) is 0.168. The lowest BCUT2D eigenvalue weighted by molar-refractivity contribution is 0.579. The normalized spacial score (nSPS) is 15.5. The van der Waals surface area contributed by atoms with E-state index in [0.717, 1.165) is 0 Å². The summed E-state index contributed by atoms with van der Waals surface area (Å²) in [6.07, 6.45) is 0. The molecule has 58 heavy (non-hydrogen) atoms. The minimum Gasteiger partial charge on any atom is -0.0579 e. The minimum atomic E-state index is -0.0800. The molecule has 0 atom stereocenters. The van der Waals surface area contributed by atoms with Crippen LogP contribution >= 0.6 is 0 Å². The van der Waals surface area contributed by atoms with Crippen LogP contribution < -0.4 is 0 Å². The Balaban J connectivity index is 1.20. The zero-order valence-electron chi connectivity index (χ0n) is 38.4. The molecule has 0 saturated heterocycles. The van der Waals surface area contributed by atoms with Gasteiger partial charge in [-0.1, -0.05) is 208 Å². The molecule has 0 N–H and O–H groups in total. The van der Waals surface area contributed by atoms with E-state index in [1.165, 1.54) is 100 Å². The van der Waals surface area contributed by atoms with Crippen molar-refractivity contribution in [1.29, 1.82) is 0 Å². The maximum Gasteiger partial charge on any atom is 0.0159 e. The molecule has 6 aromatic carbocycles. The number of rotatable bonds is 3. The van der Waals surface area contributed by atoms with E-state index in [1.807, 2.05) is 0 Å². The van der Waals surface area contributed by atoms with Gasteiger partial charge in [0.15, 0.2) is 0 Å². The molecule has 2 aliphatic carbocycles. The Hall–Kier alpha value is -4.68. The molecule has 2 aliphatic rings. The van der Waals surface area contributed by atoms with E-state index in [4.69, 9.17) is 0 Å². The molecule has 0 radical (unpaired) electrons. The van der Waals surface area contributed by atoms with Crippen LogP contribution in [0.2, 0.25) is 0 Å². The summed E-state index contributed by atoms with van der Waals surface area (Å²) in [6, 6.07) is 43.1. The monoisotopic (exact) mass is 763 g/mol. The van der Waals surface area contributed by atoms with Gasteiger partial charge in [0.2, 0.25) is 0 Å². The summed E-state index contributed by atoms with van der Waals surface area (Å²) in [5, 5.41) is 0. The number of hydrogen-bond donors (Lipinski definition) is 0. The largest absolute Gasteiger partial charge is 0.0579 e. The van der Waals surface area contributed by atoms with Crippen LogP contribution in [-0.4, -0.2) is 0 Å². The van der Waals surface area contributed by atoms with Gasteiger partial charge in [-0.15, -0.1) is 0 Å². The SMILES string of the molecule is CC(C)(C)c1ccc2c(c1)C(C)(C)c1cc(C(C)(C)C)cc(-c3ccc(-c4ccc(-c5cc(C(C)(C)C)cc6c5-c5ccc(C(C)(C)C)cc5C6(C)C)cc4)cc3)c1-2. The second kappa shape index (κ2) is 12.9. The Labute approximate surface area is 351 Å². The summed E-state index contributed by atoms with van der Waals surface area (Å²) in [4.78, 5) is 0. The van der Waals surface area contributed by atoms with Crippen LogP contribution in [0.4, 0.5) is 0 Å². The van der Waals surface area contributed by atoms with Crippen LogP contribution in [0.25, 0.3) is 55.6 Å². The third-order valence-electron chi connectivity index (χ3n) is 13.7. The fraction of sp³-hybridized carbons (Fsp3) is 0.379. The fourth-order valence-corrected chi connectivity index (χ4v) is 9.64. The Kier molecular flexibility index (Phi) is 8.93.